The molecule has 4 nitrogen and oxygen atoms in total. The van der Waals surface area contributed by atoms with E-state index < -0.39 is 5.92 Å². The quantitative estimate of drug-likeness (QED) is 0.592. The minimum Gasteiger partial charge on any atom is -0.457 e. The Hall–Kier alpha value is -2.47. The van der Waals surface area contributed by atoms with Crippen LogP contribution in [0.2, 0.25) is 0 Å². The lowest BCUT2D eigenvalue weighted by Crippen LogP contribution is -2.36. The van der Waals surface area contributed by atoms with E-state index in [0.29, 0.717) is 25.3 Å². The number of halogens is 2. The van der Waals surface area contributed by atoms with E-state index in [9.17, 15) is 13.6 Å². The molecule has 0 unspecified atom stereocenters. The summed E-state index contributed by atoms with van der Waals surface area (Å²) in [6.07, 6.45) is 1.89. The number of rotatable bonds is 8. The number of carbonyl (C=O) groups is 1. The first kappa shape index (κ1) is 22.2. The maximum absolute atomic E-state index is 13.8. The highest BCUT2D eigenvalue weighted by molar-refractivity contribution is 5.76. The number of amides is 1. The molecule has 0 N–H and O–H groups in total. The van der Waals surface area contributed by atoms with Crippen molar-refractivity contribution >= 4 is 5.91 Å². The van der Waals surface area contributed by atoms with Gasteiger partial charge >= 0.3 is 0 Å². The number of alkyl halides is 2. The summed E-state index contributed by atoms with van der Waals surface area (Å²) in [7, 11) is 4.01. The van der Waals surface area contributed by atoms with Crippen molar-refractivity contribution in [3.8, 4) is 11.5 Å². The average Bonchev–Trinajstić information content (AvgIpc) is 2.73. The van der Waals surface area contributed by atoms with Crippen molar-refractivity contribution in [2.75, 3.05) is 27.2 Å². The van der Waals surface area contributed by atoms with Crippen LogP contribution in [0, 0.1) is 0 Å². The summed E-state index contributed by atoms with van der Waals surface area (Å²) >= 11 is 0. The number of benzene rings is 2. The number of carbonyl (C=O) groups excluding carboxylic acids is 1. The molecule has 2 aromatic carbocycles. The van der Waals surface area contributed by atoms with Gasteiger partial charge in [-0.2, -0.15) is 0 Å². The molecule has 0 radical (unpaired) electrons. The van der Waals surface area contributed by atoms with Gasteiger partial charge in [-0.15, -0.1) is 0 Å². The number of hydrogen-bond donors (Lipinski definition) is 0. The molecule has 1 heterocycles. The van der Waals surface area contributed by atoms with E-state index >= 15 is 0 Å². The van der Waals surface area contributed by atoms with Gasteiger partial charge in [-0.05, 0) is 69.4 Å². The third-order valence-electron chi connectivity index (χ3n) is 5.52. The maximum Gasteiger partial charge on any atom is 0.273 e. The number of fused-ring (bicyclic) bond motifs is 1. The molecular weight excluding hydrogens is 386 g/mol. The van der Waals surface area contributed by atoms with Gasteiger partial charge in [-0.25, -0.2) is 8.78 Å². The Morgan fingerprint density at radius 1 is 1.17 bits per heavy atom. The van der Waals surface area contributed by atoms with Crippen molar-refractivity contribution < 1.29 is 18.3 Å². The Bertz CT molecular complexity index is 866. The fraction of sp³-hybridized carbons (Fsp3) is 0.458. The van der Waals surface area contributed by atoms with E-state index in [-0.39, 0.29) is 17.9 Å². The van der Waals surface area contributed by atoms with Crippen molar-refractivity contribution in [2.24, 2.45) is 0 Å². The standard InChI is InChI=1S/C24H30F2N2O2/c1-4-24(25,26)19-10-12-20(13-11-19)30-22-8-5-7-18-17-28(16-14-21(18)22)23(29)9-6-15-27(2)3/h5,7-8,10-13H,4,6,9,14-17H2,1-3H3. The van der Waals surface area contributed by atoms with Gasteiger partial charge < -0.3 is 14.5 Å². The van der Waals surface area contributed by atoms with Crippen LogP contribution in [0.4, 0.5) is 8.78 Å². The molecule has 0 saturated heterocycles. The third-order valence-corrected chi connectivity index (χ3v) is 5.52. The van der Waals surface area contributed by atoms with Crippen LogP contribution in [0.15, 0.2) is 42.5 Å². The predicted molar refractivity (Wildman–Crippen MR) is 114 cm³/mol. The summed E-state index contributed by atoms with van der Waals surface area (Å²) in [5.74, 6) is -1.39. The second-order valence-corrected chi connectivity index (χ2v) is 8.05. The fourth-order valence-electron chi connectivity index (χ4n) is 3.69. The van der Waals surface area contributed by atoms with Gasteiger partial charge in [0.2, 0.25) is 5.91 Å². The predicted octanol–water partition coefficient (Wildman–Crippen LogP) is 5.21. The summed E-state index contributed by atoms with van der Waals surface area (Å²) < 4.78 is 33.6. The van der Waals surface area contributed by atoms with Gasteiger partial charge in [0.1, 0.15) is 11.5 Å². The van der Waals surface area contributed by atoms with Gasteiger partial charge in [0.15, 0.2) is 0 Å². The van der Waals surface area contributed by atoms with Crippen LogP contribution in [0.1, 0.15) is 42.9 Å². The van der Waals surface area contributed by atoms with E-state index in [2.05, 4.69) is 4.90 Å². The average molecular weight is 417 g/mol. The van der Waals surface area contributed by atoms with Crippen molar-refractivity contribution in [2.45, 2.75) is 45.1 Å². The molecule has 6 heteroatoms. The van der Waals surface area contributed by atoms with E-state index in [1.54, 1.807) is 12.1 Å². The maximum atomic E-state index is 13.8. The minimum atomic E-state index is -2.83. The first-order valence-corrected chi connectivity index (χ1v) is 10.5. The highest BCUT2D eigenvalue weighted by Crippen LogP contribution is 2.35. The molecule has 1 aliphatic heterocycles. The SMILES string of the molecule is CCC(F)(F)c1ccc(Oc2cccc3c2CCN(C(=O)CCCN(C)C)C3)cc1. The molecule has 1 amide bonds. The Morgan fingerprint density at radius 2 is 1.90 bits per heavy atom. The second kappa shape index (κ2) is 9.56. The lowest BCUT2D eigenvalue weighted by Gasteiger charge is -2.30. The van der Waals surface area contributed by atoms with Crippen molar-refractivity contribution in [3.63, 3.8) is 0 Å². The van der Waals surface area contributed by atoms with Gasteiger partial charge in [0.25, 0.3) is 5.92 Å². The first-order valence-electron chi connectivity index (χ1n) is 10.5. The Kier molecular flexibility index (Phi) is 7.08. The minimum absolute atomic E-state index is 0.00383. The number of hydrogen-bond acceptors (Lipinski definition) is 3. The molecule has 1 aliphatic rings. The summed E-state index contributed by atoms with van der Waals surface area (Å²) in [5, 5.41) is 0. The molecule has 30 heavy (non-hydrogen) atoms. The van der Waals surface area contributed by atoms with Crippen LogP contribution >= 0.6 is 0 Å². The second-order valence-electron chi connectivity index (χ2n) is 8.05. The van der Waals surface area contributed by atoms with Crippen LogP contribution in [-0.2, 0) is 23.7 Å². The zero-order chi connectivity index (χ0) is 21.7. The molecule has 0 aromatic heterocycles. The van der Waals surface area contributed by atoms with E-state index in [0.717, 1.165) is 36.3 Å². The fourth-order valence-corrected chi connectivity index (χ4v) is 3.69. The Labute approximate surface area is 177 Å². The lowest BCUT2D eigenvalue weighted by atomic mass is 9.98. The van der Waals surface area contributed by atoms with Crippen LogP contribution in [-0.4, -0.2) is 42.9 Å². The van der Waals surface area contributed by atoms with Crippen molar-refractivity contribution in [1.29, 1.82) is 0 Å². The van der Waals surface area contributed by atoms with E-state index in [1.807, 2.05) is 37.2 Å². The summed E-state index contributed by atoms with van der Waals surface area (Å²) in [6.45, 7) is 3.61. The highest BCUT2D eigenvalue weighted by atomic mass is 19.3. The summed E-state index contributed by atoms with van der Waals surface area (Å²) in [6, 6.07) is 11.8. The molecule has 3 rings (SSSR count). The van der Waals surface area contributed by atoms with Crippen LogP contribution in [0.3, 0.4) is 0 Å². The normalized spacial score (nSPS) is 14.0. The topological polar surface area (TPSA) is 32.8 Å². The lowest BCUT2D eigenvalue weighted by molar-refractivity contribution is -0.132. The van der Waals surface area contributed by atoms with Crippen LogP contribution in [0.25, 0.3) is 0 Å². The van der Waals surface area contributed by atoms with Gasteiger partial charge in [-0.1, -0.05) is 19.1 Å². The largest absolute Gasteiger partial charge is 0.457 e. The molecule has 0 aliphatic carbocycles. The van der Waals surface area contributed by atoms with Gasteiger partial charge in [0, 0.05) is 37.1 Å². The molecule has 0 atom stereocenters. The van der Waals surface area contributed by atoms with Crippen LogP contribution < -0.4 is 4.74 Å². The monoisotopic (exact) mass is 416 g/mol. The van der Waals surface area contributed by atoms with E-state index in [4.69, 9.17) is 4.74 Å². The zero-order valence-electron chi connectivity index (χ0n) is 18.0. The van der Waals surface area contributed by atoms with E-state index in [1.165, 1.54) is 19.1 Å². The summed E-state index contributed by atoms with van der Waals surface area (Å²) in [4.78, 5) is 16.5. The molecule has 0 bridgehead atoms. The first-order chi connectivity index (χ1) is 14.3. The number of nitrogens with zero attached hydrogens (tertiary/aromatic N) is 2. The molecule has 162 valence electrons. The molecule has 2 aromatic rings. The Balaban J connectivity index is 1.67. The summed E-state index contributed by atoms with van der Waals surface area (Å²) in [5.41, 5.74) is 2.16. The smallest absolute Gasteiger partial charge is 0.273 e. The molecule has 0 spiro atoms. The van der Waals surface area contributed by atoms with Gasteiger partial charge in [-0.3, -0.25) is 4.79 Å². The number of ether oxygens (including phenoxy) is 1. The highest BCUT2D eigenvalue weighted by Gasteiger charge is 2.28. The van der Waals surface area contributed by atoms with Crippen molar-refractivity contribution in [1.82, 2.24) is 9.80 Å². The van der Waals surface area contributed by atoms with Crippen molar-refractivity contribution in [3.05, 3.63) is 59.2 Å². The molecular formula is C24H30F2N2O2. The zero-order valence-corrected chi connectivity index (χ0v) is 18.0. The van der Waals surface area contributed by atoms with Gasteiger partial charge in [0.05, 0.1) is 0 Å². The van der Waals surface area contributed by atoms with Crippen LogP contribution in [0.5, 0.6) is 11.5 Å². The molecule has 0 saturated carbocycles. The third kappa shape index (κ3) is 5.36. The molecule has 0 fully saturated rings. The Morgan fingerprint density at radius 3 is 2.57 bits per heavy atom.